The van der Waals surface area contributed by atoms with Crippen LogP contribution in [0.2, 0.25) is 5.02 Å². The summed E-state index contributed by atoms with van der Waals surface area (Å²) >= 11 is 6.03. The van der Waals surface area contributed by atoms with Gasteiger partial charge in [-0.2, -0.15) is 0 Å². The largest absolute Gasteiger partial charge is 0.495 e. The van der Waals surface area contributed by atoms with E-state index in [-0.39, 0.29) is 5.82 Å². The van der Waals surface area contributed by atoms with Crippen molar-refractivity contribution in [1.29, 1.82) is 0 Å². The molecule has 0 fully saturated rings. The zero-order valence-corrected chi connectivity index (χ0v) is 12.3. The third-order valence-corrected chi connectivity index (χ3v) is 3.41. The molecule has 0 bridgehead atoms. The predicted octanol–water partition coefficient (Wildman–Crippen LogP) is 4.26. The first-order valence-electron chi connectivity index (χ1n) is 6.48. The van der Waals surface area contributed by atoms with Gasteiger partial charge in [-0.1, -0.05) is 30.7 Å². The van der Waals surface area contributed by atoms with Crippen molar-refractivity contribution in [2.24, 2.45) is 0 Å². The van der Waals surface area contributed by atoms with Crippen molar-refractivity contribution in [2.45, 2.75) is 13.5 Å². The highest BCUT2D eigenvalue weighted by molar-refractivity contribution is 6.32. The van der Waals surface area contributed by atoms with E-state index in [2.05, 4.69) is 5.32 Å². The molecule has 4 heteroatoms. The van der Waals surface area contributed by atoms with E-state index in [1.165, 1.54) is 12.1 Å². The Balaban J connectivity index is 2.47. The molecule has 2 nitrogen and oxygen atoms in total. The molecule has 0 amide bonds. The van der Waals surface area contributed by atoms with Crippen molar-refractivity contribution in [3.8, 4) is 16.9 Å². The molecule has 0 unspecified atom stereocenters. The van der Waals surface area contributed by atoms with E-state index in [1.54, 1.807) is 19.2 Å². The Kier molecular flexibility index (Phi) is 4.99. The minimum absolute atomic E-state index is 0.255. The van der Waals surface area contributed by atoms with Crippen LogP contribution < -0.4 is 10.1 Å². The van der Waals surface area contributed by atoms with E-state index in [9.17, 15) is 4.39 Å². The first-order valence-corrected chi connectivity index (χ1v) is 6.86. The Labute approximate surface area is 123 Å². The summed E-state index contributed by atoms with van der Waals surface area (Å²) in [6.07, 6.45) is 0. The normalized spacial score (nSPS) is 10.6. The second kappa shape index (κ2) is 6.73. The Morgan fingerprint density at radius 3 is 2.70 bits per heavy atom. The van der Waals surface area contributed by atoms with Gasteiger partial charge in [0.15, 0.2) is 0 Å². The fraction of sp³-hybridized carbons (Fsp3) is 0.250. The third-order valence-electron chi connectivity index (χ3n) is 3.10. The monoisotopic (exact) mass is 293 g/mol. The third kappa shape index (κ3) is 3.30. The lowest BCUT2D eigenvalue weighted by Crippen LogP contribution is -2.12. The average molecular weight is 294 g/mol. The number of benzene rings is 2. The molecular formula is C16H17ClFNO. The fourth-order valence-electron chi connectivity index (χ4n) is 2.06. The van der Waals surface area contributed by atoms with Gasteiger partial charge in [0.05, 0.1) is 12.1 Å². The van der Waals surface area contributed by atoms with Crippen LogP contribution in [0.25, 0.3) is 11.1 Å². The second-order valence-corrected chi connectivity index (χ2v) is 4.84. The van der Waals surface area contributed by atoms with E-state index in [0.29, 0.717) is 17.3 Å². The SMILES string of the molecule is CCNCc1ccc(F)cc1-c1ccc(Cl)c(OC)c1. The van der Waals surface area contributed by atoms with E-state index < -0.39 is 0 Å². The van der Waals surface area contributed by atoms with E-state index in [1.807, 2.05) is 19.1 Å². The Morgan fingerprint density at radius 1 is 1.20 bits per heavy atom. The first kappa shape index (κ1) is 14.8. The van der Waals surface area contributed by atoms with Crippen LogP contribution in [0.5, 0.6) is 5.75 Å². The summed E-state index contributed by atoms with van der Waals surface area (Å²) in [4.78, 5) is 0. The minimum atomic E-state index is -0.255. The predicted molar refractivity (Wildman–Crippen MR) is 80.8 cm³/mol. The summed E-state index contributed by atoms with van der Waals surface area (Å²) in [5, 5.41) is 3.80. The van der Waals surface area contributed by atoms with Crippen LogP contribution in [0.1, 0.15) is 12.5 Å². The summed E-state index contributed by atoms with van der Waals surface area (Å²) in [6, 6.07) is 10.3. The van der Waals surface area contributed by atoms with Crippen molar-refractivity contribution in [3.05, 3.63) is 52.8 Å². The molecule has 2 aromatic rings. The Hall–Kier alpha value is -1.58. The van der Waals surface area contributed by atoms with Gasteiger partial charge in [0.2, 0.25) is 0 Å². The highest BCUT2D eigenvalue weighted by Crippen LogP contribution is 2.32. The maximum absolute atomic E-state index is 13.5. The Morgan fingerprint density at radius 2 is 2.00 bits per heavy atom. The van der Waals surface area contributed by atoms with Gasteiger partial charge in [0.25, 0.3) is 0 Å². The molecule has 0 saturated heterocycles. The number of halogens is 2. The highest BCUT2D eigenvalue weighted by Gasteiger charge is 2.09. The lowest BCUT2D eigenvalue weighted by molar-refractivity contribution is 0.415. The number of hydrogen-bond acceptors (Lipinski definition) is 2. The van der Waals surface area contributed by atoms with Gasteiger partial charge < -0.3 is 10.1 Å². The summed E-state index contributed by atoms with van der Waals surface area (Å²) in [6.45, 7) is 3.59. The van der Waals surface area contributed by atoms with Gasteiger partial charge >= 0.3 is 0 Å². The van der Waals surface area contributed by atoms with E-state index in [4.69, 9.17) is 16.3 Å². The van der Waals surface area contributed by atoms with Crippen LogP contribution in [-0.4, -0.2) is 13.7 Å². The van der Waals surface area contributed by atoms with Crippen LogP contribution >= 0.6 is 11.6 Å². The zero-order chi connectivity index (χ0) is 14.5. The first-order chi connectivity index (χ1) is 9.65. The maximum atomic E-state index is 13.5. The topological polar surface area (TPSA) is 21.3 Å². The van der Waals surface area contributed by atoms with Crippen LogP contribution in [0.3, 0.4) is 0 Å². The fourth-order valence-corrected chi connectivity index (χ4v) is 2.25. The van der Waals surface area contributed by atoms with Crippen LogP contribution in [-0.2, 0) is 6.54 Å². The summed E-state index contributed by atoms with van der Waals surface area (Å²) in [5.74, 6) is 0.331. The molecule has 0 aliphatic heterocycles. The smallest absolute Gasteiger partial charge is 0.138 e. The zero-order valence-electron chi connectivity index (χ0n) is 11.5. The highest BCUT2D eigenvalue weighted by atomic mass is 35.5. The molecule has 106 valence electrons. The van der Waals surface area contributed by atoms with Gasteiger partial charge in [-0.15, -0.1) is 0 Å². The lowest BCUT2D eigenvalue weighted by atomic mass is 9.99. The molecule has 1 N–H and O–H groups in total. The van der Waals surface area contributed by atoms with Crippen molar-refractivity contribution in [2.75, 3.05) is 13.7 Å². The summed E-state index contributed by atoms with van der Waals surface area (Å²) in [5.41, 5.74) is 2.78. The molecule has 0 saturated carbocycles. The molecular weight excluding hydrogens is 277 g/mol. The van der Waals surface area contributed by atoms with E-state index >= 15 is 0 Å². The Bertz CT molecular complexity index is 601. The van der Waals surface area contributed by atoms with Gasteiger partial charge in [0.1, 0.15) is 11.6 Å². The number of nitrogens with one attached hydrogen (secondary N) is 1. The number of ether oxygens (including phenoxy) is 1. The second-order valence-electron chi connectivity index (χ2n) is 4.43. The molecule has 0 radical (unpaired) electrons. The molecule has 0 heterocycles. The molecule has 20 heavy (non-hydrogen) atoms. The molecule has 2 rings (SSSR count). The van der Waals surface area contributed by atoms with Crippen LogP contribution in [0, 0.1) is 5.82 Å². The molecule has 0 aliphatic rings. The average Bonchev–Trinajstić information content (AvgIpc) is 2.46. The van der Waals surface area contributed by atoms with Crippen molar-refractivity contribution in [3.63, 3.8) is 0 Å². The van der Waals surface area contributed by atoms with Crippen molar-refractivity contribution in [1.82, 2.24) is 5.32 Å². The molecule has 0 aliphatic carbocycles. The number of hydrogen-bond donors (Lipinski definition) is 1. The summed E-state index contributed by atoms with van der Waals surface area (Å²) < 4.78 is 18.8. The quantitative estimate of drug-likeness (QED) is 0.889. The number of rotatable bonds is 5. The van der Waals surface area contributed by atoms with Gasteiger partial charge in [-0.3, -0.25) is 0 Å². The van der Waals surface area contributed by atoms with Crippen LogP contribution in [0.15, 0.2) is 36.4 Å². The molecule has 2 aromatic carbocycles. The van der Waals surface area contributed by atoms with Crippen molar-refractivity contribution >= 4 is 11.6 Å². The van der Waals surface area contributed by atoms with Crippen molar-refractivity contribution < 1.29 is 9.13 Å². The molecule has 0 atom stereocenters. The molecule has 0 spiro atoms. The van der Waals surface area contributed by atoms with Crippen LogP contribution in [0.4, 0.5) is 4.39 Å². The maximum Gasteiger partial charge on any atom is 0.138 e. The van der Waals surface area contributed by atoms with Gasteiger partial charge in [-0.05, 0) is 47.5 Å². The van der Waals surface area contributed by atoms with Gasteiger partial charge in [0, 0.05) is 6.54 Å². The minimum Gasteiger partial charge on any atom is -0.495 e. The molecule has 0 aromatic heterocycles. The van der Waals surface area contributed by atoms with Gasteiger partial charge in [-0.25, -0.2) is 4.39 Å². The number of methoxy groups -OCH3 is 1. The standard InChI is InChI=1S/C16H17ClFNO/c1-3-19-10-12-4-6-13(18)9-14(12)11-5-7-15(17)16(8-11)20-2/h4-9,19H,3,10H2,1-2H3. The van der Waals surface area contributed by atoms with E-state index in [0.717, 1.165) is 23.2 Å². The summed E-state index contributed by atoms with van der Waals surface area (Å²) in [7, 11) is 1.57. The lowest BCUT2D eigenvalue weighted by Gasteiger charge is -2.12.